The van der Waals surface area contributed by atoms with E-state index in [0.29, 0.717) is 0 Å². The standard InChI is InChI=1S/C50H38N2Si/c1-53(2)49-20-12-10-18-44(49)45-31-29-42(34-50(45)53)51(39-25-21-37(22-26-39)35-13-5-3-6-14-35)41-30-32-48-46(33-41)43-17-9-11-19-47(43)52(48)40-27-23-38(24-28-40)36-15-7-4-8-16-36/h3-34H,1-2H3. The van der Waals surface area contributed by atoms with E-state index >= 15 is 0 Å². The summed E-state index contributed by atoms with van der Waals surface area (Å²) in [6, 6.07) is 71.2. The number of anilines is 3. The zero-order valence-corrected chi connectivity index (χ0v) is 30.9. The maximum Gasteiger partial charge on any atom is 0.113 e. The molecule has 0 spiro atoms. The van der Waals surface area contributed by atoms with Crippen LogP contribution in [0.5, 0.6) is 0 Å². The molecule has 8 aromatic carbocycles. The van der Waals surface area contributed by atoms with Crippen molar-refractivity contribution in [1.29, 1.82) is 0 Å². The smallest absolute Gasteiger partial charge is 0.113 e. The highest BCUT2D eigenvalue weighted by atomic mass is 28.3. The van der Waals surface area contributed by atoms with Crippen molar-refractivity contribution in [3.05, 3.63) is 194 Å². The molecule has 0 saturated carbocycles. The molecule has 0 aliphatic carbocycles. The molecule has 0 N–H and O–H groups in total. The van der Waals surface area contributed by atoms with Crippen LogP contribution < -0.4 is 15.3 Å². The van der Waals surface area contributed by atoms with Crippen molar-refractivity contribution in [2.45, 2.75) is 13.1 Å². The molecule has 0 amide bonds. The number of nitrogens with zero attached hydrogens (tertiary/aromatic N) is 2. The molecule has 10 rings (SSSR count). The summed E-state index contributed by atoms with van der Waals surface area (Å²) >= 11 is 0. The molecule has 0 saturated heterocycles. The molecule has 0 radical (unpaired) electrons. The van der Waals surface area contributed by atoms with Gasteiger partial charge in [0.15, 0.2) is 0 Å². The van der Waals surface area contributed by atoms with E-state index in [1.807, 2.05) is 0 Å². The Morgan fingerprint density at radius 1 is 0.377 bits per heavy atom. The third kappa shape index (κ3) is 5.15. The average Bonchev–Trinajstić information content (AvgIpc) is 3.67. The van der Waals surface area contributed by atoms with Crippen LogP contribution in [-0.2, 0) is 0 Å². The minimum absolute atomic E-state index is 1.14. The summed E-state index contributed by atoms with van der Waals surface area (Å²) < 4.78 is 2.41. The van der Waals surface area contributed by atoms with E-state index in [9.17, 15) is 0 Å². The van der Waals surface area contributed by atoms with Gasteiger partial charge in [-0.2, -0.15) is 0 Å². The van der Waals surface area contributed by atoms with Gasteiger partial charge in [0.05, 0.1) is 11.0 Å². The summed E-state index contributed by atoms with van der Waals surface area (Å²) in [6.07, 6.45) is 0. The molecule has 1 aromatic heterocycles. The van der Waals surface area contributed by atoms with E-state index < -0.39 is 8.07 Å². The lowest BCUT2D eigenvalue weighted by Crippen LogP contribution is -2.49. The number of hydrogen-bond acceptors (Lipinski definition) is 1. The summed E-state index contributed by atoms with van der Waals surface area (Å²) in [6.45, 7) is 4.99. The van der Waals surface area contributed by atoms with Gasteiger partial charge in [0, 0.05) is 33.5 Å². The molecule has 9 aromatic rings. The first-order valence-electron chi connectivity index (χ1n) is 18.4. The normalized spacial score (nSPS) is 12.9. The van der Waals surface area contributed by atoms with Crippen LogP contribution in [0.25, 0.3) is 60.9 Å². The van der Waals surface area contributed by atoms with Gasteiger partial charge in [-0.05, 0) is 104 Å². The molecule has 1 aliphatic heterocycles. The maximum absolute atomic E-state index is 2.49. The zero-order valence-electron chi connectivity index (χ0n) is 29.9. The summed E-state index contributed by atoms with van der Waals surface area (Å²) in [5.41, 5.74) is 14.7. The van der Waals surface area contributed by atoms with Crippen LogP contribution in [-0.4, -0.2) is 12.6 Å². The number of benzene rings is 8. The second-order valence-corrected chi connectivity index (χ2v) is 18.9. The van der Waals surface area contributed by atoms with Crippen LogP contribution in [0.2, 0.25) is 13.1 Å². The largest absolute Gasteiger partial charge is 0.310 e. The Kier molecular flexibility index (Phi) is 7.31. The topological polar surface area (TPSA) is 8.17 Å². The average molecular weight is 695 g/mol. The predicted octanol–water partition coefficient (Wildman–Crippen LogP) is 12.4. The van der Waals surface area contributed by atoms with E-state index in [2.05, 4.69) is 217 Å². The monoisotopic (exact) mass is 694 g/mol. The first-order chi connectivity index (χ1) is 26.0. The fourth-order valence-corrected chi connectivity index (χ4v) is 11.6. The van der Waals surface area contributed by atoms with Gasteiger partial charge in [-0.1, -0.05) is 147 Å². The molecule has 2 nitrogen and oxygen atoms in total. The molecule has 0 bridgehead atoms. The van der Waals surface area contributed by atoms with Gasteiger partial charge in [0.25, 0.3) is 0 Å². The van der Waals surface area contributed by atoms with Gasteiger partial charge in [0.2, 0.25) is 0 Å². The van der Waals surface area contributed by atoms with Crippen molar-refractivity contribution in [3.63, 3.8) is 0 Å². The van der Waals surface area contributed by atoms with E-state index in [1.54, 1.807) is 0 Å². The maximum atomic E-state index is 2.49. The van der Waals surface area contributed by atoms with Gasteiger partial charge in [-0.15, -0.1) is 0 Å². The van der Waals surface area contributed by atoms with Crippen LogP contribution in [0.1, 0.15) is 0 Å². The van der Waals surface area contributed by atoms with Crippen LogP contribution in [0.3, 0.4) is 0 Å². The fraction of sp³-hybridized carbons (Fsp3) is 0.0400. The SMILES string of the molecule is C[Si]1(C)c2ccccc2-c2ccc(N(c3ccc(-c4ccccc4)cc3)c3ccc4c(c3)c3ccccc3n4-c3ccc(-c4ccccc4)cc3)cc21. The number of fused-ring (bicyclic) bond motifs is 6. The lowest BCUT2D eigenvalue weighted by molar-refractivity contribution is 1.18. The Labute approximate surface area is 311 Å². The van der Waals surface area contributed by atoms with E-state index in [4.69, 9.17) is 0 Å². The van der Waals surface area contributed by atoms with Gasteiger partial charge in [-0.25, -0.2) is 0 Å². The number of aromatic nitrogens is 1. The quantitative estimate of drug-likeness (QED) is 0.157. The van der Waals surface area contributed by atoms with Crippen molar-refractivity contribution < 1.29 is 0 Å². The van der Waals surface area contributed by atoms with Gasteiger partial charge in [0.1, 0.15) is 8.07 Å². The van der Waals surface area contributed by atoms with Gasteiger partial charge in [-0.3, -0.25) is 0 Å². The number of para-hydroxylation sites is 1. The van der Waals surface area contributed by atoms with Gasteiger partial charge >= 0.3 is 0 Å². The Morgan fingerprint density at radius 3 is 1.60 bits per heavy atom. The summed E-state index contributed by atoms with van der Waals surface area (Å²) in [4.78, 5) is 2.45. The predicted molar refractivity (Wildman–Crippen MR) is 229 cm³/mol. The molecular formula is C50H38N2Si. The van der Waals surface area contributed by atoms with Crippen molar-refractivity contribution in [2.24, 2.45) is 0 Å². The lowest BCUT2D eigenvalue weighted by atomic mass is 10.0. The van der Waals surface area contributed by atoms with E-state index in [1.165, 1.54) is 71.2 Å². The Bertz CT molecular complexity index is 2780. The molecule has 1 aliphatic rings. The summed E-state index contributed by atoms with van der Waals surface area (Å²) in [7, 11) is -1.88. The third-order valence-corrected chi connectivity index (χ3v) is 14.7. The molecule has 252 valence electrons. The highest BCUT2D eigenvalue weighted by molar-refractivity contribution is 7.03. The van der Waals surface area contributed by atoms with Crippen molar-refractivity contribution in [1.82, 2.24) is 4.57 Å². The number of rotatable bonds is 6. The first kappa shape index (κ1) is 31.3. The van der Waals surface area contributed by atoms with Crippen LogP contribution in [0, 0.1) is 0 Å². The molecule has 53 heavy (non-hydrogen) atoms. The Balaban J connectivity index is 1.13. The summed E-state index contributed by atoms with van der Waals surface area (Å²) in [5.74, 6) is 0. The van der Waals surface area contributed by atoms with Crippen molar-refractivity contribution >= 4 is 57.3 Å². The van der Waals surface area contributed by atoms with Crippen LogP contribution >= 0.6 is 0 Å². The molecule has 0 atom stereocenters. The molecular weight excluding hydrogens is 657 g/mol. The second-order valence-electron chi connectivity index (χ2n) is 14.6. The van der Waals surface area contributed by atoms with Gasteiger partial charge < -0.3 is 9.47 Å². The third-order valence-electron chi connectivity index (χ3n) is 11.2. The van der Waals surface area contributed by atoms with E-state index in [0.717, 1.165) is 17.1 Å². The highest BCUT2D eigenvalue weighted by Gasteiger charge is 2.37. The highest BCUT2D eigenvalue weighted by Crippen LogP contribution is 2.41. The molecule has 0 unspecified atom stereocenters. The van der Waals surface area contributed by atoms with Crippen LogP contribution in [0.15, 0.2) is 194 Å². The molecule has 3 heteroatoms. The minimum atomic E-state index is -1.88. The van der Waals surface area contributed by atoms with Crippen molar-refractivity contribution in [3.8, 4) is 39.1 Å². The molecule has 0 fully saturated rings. The Hall–Kier alpha value is -6.42. The van der Waals surface area contributed by atoms with E-state index in [-0.39, 0.29) is 0 Å². The Morgan fingerprint density at radius 2 is 0.887 bits per heavy atom. The first-order valence-corrected chi connectivity index (χ1v) is 21.4. The second kappa shape index (κ2) is 12.4. The summed E-state index contributed by atoms with van der Waals surface area (Å²) in [5, 5.41) is 5.50. The number of hydrogen-bond donors (Lipinski definition) is 0. The van der Waals surface area contributed by atoms with Crippen LogP contribution in [0.4, 0.5) is 17.1 Å². The molecule has 2 heterocycles. The fourth-order valence-electron chi connectivity index (χ4n) is 8.52. The van der Waals surface area contributed by atoms with Crippen molar-refractivity contribution in [2.75, 3.05) is 4.90 Å². The minimum Gasteiger partial charge on any atom is -0.310 e. The zero-order chi connectivity index (χ0) is 35.5. The lowest BCUT2D eigenvalue weighted by Gasteiger charge is -2.28.